The third-order valence-corrected chi connectivity index (χ3v) is 2.66. The Hall–Kier alpha value is -1.54. The lowest BCUT2D eigenvalue weighted by atomic mass is 10.2. The van der Waals surface area contributed by atoms with E-state index in [2.05, 4.69) is 26.8 Å². The van der Waals surface area contributed by atoms with Crippen LogP contribution in [0, 0.1) is 19.3 Å². The Kier molecular flexibility index (Phi) is 4.96. The minimum Gasteiger partial charge on any atom is -0.443 e. The SMILES string of the molecule is C#CCN(C(=O)OC(C)(C)C)c1ncc(C)cc1Br. The maximum absolute atomic E-state index is 12.1. The minimum absolute atomic E-state index is 0.101. The molecule has 0 spiro atoms. The molecule has 0 aliphatic heterocycles. The van der Waals surface area contributed by atoms with Crippen molar-refractivity contribution < 1.29 is 9.53 Å². The Balaban J connectivity index is 3.07. The van der Waals surface area contributed by atoms with E-state index in [1.54, 1.807) is 27.0 Å². The van der Waals surface area contributed by atoms with Crippen LogP contribution in [0.4, 0.5) is 10.6 Å². The summed E-state index contributed by atoms with van der Waals surface area (Å²) in [5.74, 6) is 2.90. The number of carbonyl (C=O) groups is 1. The minimum atomic E-state index is -0.582. The Morgan fingerprint density at radius 1 is 1.58 bits per heavy atom. The van der Waals surface area contributed by atoms with Crippen molar-refractivity contribution in [2.75, 3.05) is 11.4 Å². The number of rotatable bonds is 2. The summed E-state index contributed by atoms with van der Waals surface area (Å²) >= 11 is 3.39. The van der Waals surface area contributed by atoms with Crippen molar-refractivity contribution in [2.24, 2.45) is 0 Å². The van der Waals surface area contributed by atoms with Crippen LogP contribution in [0.2, 0.25) is 0 Å². The number of ether oxygens (including phenoxy) is 1. The number of amides is 1. The maximum atomic E-state index is 12.1. The molecular weight excluding hydrogens is 308 g/mol. The van der Waals surface area contributed by atoms with E-state index in [4.69, 9.17) is 11.2 Å². The highest BCUT2D eigenvalue weighted by molar-refractivity contribution is 9.10. The largest absolute Gasteiger partial charge is 0.443 e. The first kappa shape index (κ1) is 15.5. The summed E-state index contributed by atoms with van der Waals surface area (Å²) in [6.07, 6.45) is 6.47. The van der Waals surface area contributed by atoms with E-state index in [-0.39, 0.29) is 6.54 Å². The molecule has 1 heterocycles. The summed E-state index contributed by atoms with van der Waals surface area (Å²) in [7, 11) is 0. The van der Waals surface area contributed by atoms with E-state index in [0.29, 0.717) is 10.3 Å². The molecule has 0 saturated carbocycles. The second kappa shape index (κ2) is 6.07. The van der Waals surface area contributed by atoms with Crippen LogP contribution in [0.3, 0.4) is 0 Å². The van der Waals surface area contributed by atoms with E-state index in [0.717, 1.165) is 5.56 Å². The van der Waals surface area contributed by atoms with Crippen LogP contribution in [-0.4, -0.2) is 23.2 Å². The van der Waals surface area contributed by atoms with Gasteiger partial charge in [0, 0.05) is 6.20 Å². The molecule has 1 amide bonds. The van der Waals surface area contributed by atoms with Crippen molar-refractivity contribution in [3.05, 3.63) is 22.3 Å². The van der Waals surface area contributed by atoms with Gasteiger partial charge in [-0.1, -0.05) is 5.92 Å². The third-order valence-electron chi connectivity index (χ3n) is 2.08. The molecule has 0 aliphatic rings. The van der Waals surface area contributed by atoms with Gasteiger partial charge in [-0.3, -0.25) is 0 Å². The van der Waals surface area contributed by atoms with E-state index in [1.165, 1.54) is 4.90 Å². The average Bonchev–Trinajstić information content (AvgIpc) is 2.24. The number of pyridine rings is 1. The van der Waals surface area contributed by atoms with Crippen molar-refractivity contribution in [1.82, 2.24) is 4.98 Å². The average molecular weight is 325 g/mol. The van der Waals surface area contributed by atoms with Crippen LogP contribution in [0.5, 0.6) is 0 Å². The fourth-order valence-corrected chi connectivity index (χ4v) is 2.04. The zero-order valence-electron chi connectivity index (χ0n) is 11.5. The van der Waals surface area contributed by atoms with Crippen molar-refractivity contribution >= 4 is 27.8 Å². The van der Waals surface area contributed by atoms with Gasteiger partial charge >= 0.3 is 6.09 Å². The predicted molar refractivity (Wildman–Crippen MR) is 79.1 cm³/mol. The highest BCUT2D eigenvalue weighted by atomic mass is 79.9. The summed E-state index contributed by atoms with van der Waals surface area (Å²) in [5.41, 5.74) is 0.404. The Labute approximate surface area is 122 Å². The molecule has 0 unspecified atom stereocenters. The maximum Gasteiger partial charge on any atom is 0.416 e. The first-order chi connectivity index (χ1) is 8.74. The van der Waals surface area contributed by atoms with Crippen molar-refractivity contribution in [3.8, 4) is 12.3 Å². The number of nitrogens with zero attached hydrogens (tertiary/aromatic N) is 2. The molecule has 0 N–H and O–H groups in total. The molecule has 5 heteroatoms. The molecule has 0 radical (unpaired) electrons. The molecule has 0 aliphatic carbocycles. The van der Waals surface area contributed by atoms with Crippen LogP contribution in [0.25, 0.3) is 0 Å². The zero-order valence-corrected chi connectivity index (χ0v) is 13.1. The summed E-state index contributed by atoms with van der Waals surface area (Å²) in [6.45, 7) is 7.42. The number of halogens is 1. The topological polar surface area (TPSA) is 42.4 Å². The summed E-state index contributed by atoms with van der Waals surface area (Å²) in [4.78, 5) is 17.7. The number of hydrogen-bond donors (Lipinski definition) is 0. The third kappa shape index (κ3) is 4.56. The van der Waals surface area contributed by atoms with Gasteiger partial charge in [0.05, 0.1) is 11.0 Å². The van der Waals surface area contributed by atoms with Gasteiger partial charge < -0.3 is 4.74 Å². The van der Waals surface area contributed by atoms with Crippen LogP contribution in [0.1, 0.15) is 26.3 Å². The van der Waals surface area contributed by atoms with Gasteiger partial charge in [-0.2, -0.15) is 0 Å². The van der Waals surface area contributed by atoms with E-state index in [1.807, 2.05) is 13.0 Å². The Morgan fingerprint density at radius 3 is 2.68 bits per heavy atom. The Morgan fingerprint density at radius 2 is 2.21 bits per heavy atom. The van der Waals surface area contributed by atoms with E-state index < -0.39 is 11.7 Å². The molecule has 0 saturated heterocycles. The zero-order chi connectivity index (χ0) is 14.6. The van der Waals surface area contributed by atoms with Gasteiger partial charge in [-0.15, -0.1) is 6.42 Å². The quantitative estimate of drug-likeness (QED) is 0.781. The van der Waals surface area contributed by atoms with Gasteiger partial charge in [-0.05, 0) is 55.3 Å². The second-order valence-electron chi connectivity index (χ2n) is 5.09. The summed E-state index contributed by atoms with van der Waals surface area (Å²) < 4.78 is 6.03. The highest BCUT2D eigenvalue weighted by Crippen LogP contribution is 2.25. The number of terminal acetylenes is 1. The molecule has 1 aromatic heterocycles. The van der Waals surface area contributed by atoms with Crippen molar-refractivity contribution in [3.63, 3.8) is 0 Å². The summed E-state index contributed by atoms with van der Waals surface area (Å²) in [6, 6.07) is 1.87. The van der Waals surface area contributed by atoms with Crippen molar-refractivity contribution in [1.29, 1.82) is 0 Å². The van der Waals surface area contributed by atoms with Crippen LogP contribution < -0.4 is 4.90 Å². The van der Waals surface area contributed by atoms with Gasteiger partial charge in [0.25, 0.3) is 0 Å². The number of anilines is 1. The monoisotopic (exact) mass is 324 g/mol. The number of carbonyl (C=O) groups excluding carboxylic acids is 1. The number of aryl methyl sites for hydroxylation is 1. The fraction of sp³-hybridized carbons (Fsp3) is 0.429. The van der Waals surface area contributed by atoms with Gasteiger partial charge in [0.2, 0.25) is 0 Å². The summed E-state index contributed by atoms with van der Waals surface area (Å²) in [5, 5.41) is 0. The van der Waals surface area contributed by atoms with Crippen molar-refractivity contribution in [2.45, 2.75) is 33.3 Å². The van der Waals surface area contributed by atoms with Crippen LogP contribution >= 0.6 is 15.9 Å². The normalized spacial score (nSPS) is 10.7. The molecule has 0 fully saturated rings. The fourth-order valence-electron chi connectivity index (χ4n) is 1.36. The molecule has 102 valence electrons. The molecule has 0 aromatic carbocycles. The molecule has 4 nitrogen and oxygen atoms in total. The highest BCUT2D eigenvalue weighted by Gasteiger charge is 2.25. The molecule has 19 heavy (non-hydrogen) atoms. The van der Waals surface area contributed by atoms with Gasteiger partial charge in [-0.25, -0.2) is 14.7 Å². The predicted octanol–water partition coefficient (Wildman–Crippen LogP) is 3.53. The molecule has 1 aromatic rings. The standard InChI is InChI=1S/C14H17BrN2O2/c1-6-7-17(13(18)19-14(3,4)5)12-11(15)8-10(2)9-16-12/h1,8-9H,7H2,2-5H3. The lowest BCUT2D eigenvalue weighted by molar-refractivity contribution is 0.0584. The smallest absolute Gasteiger partial charge is 0.416 e. The lowest BCUT2D eigenvalue weighted by Crippen LogP contribution is -2.37. The van der Waals surface area contributed by atoms with Gasteiger partial charge in [0.15, 0.2) is 5.82 Å². The molecular formula is C14H17BrN2O2. The Bertz CT molecular complexity index is 515. The molecule has 0 bridgehead atoms. The first-order valence-electron chi connectivity index (χ1n) is 5.80. The second-order valence-corrected chi connectivity index (χ2v) is 5.94. The first-order valence-corrected chi connectivity index (χ1v) is 6.60. The van der Waals surface area contributed by atoms with E-state index in [9.17, 15) is 4.79 Å². The van der Waals surface area contributed by atoms with Crippen LogP contribution in [0.15, 0.2) is 16.7 Å². The lowest BCUT2D eigenvalue weighted by Gasteiger charge is -2.26. The van der Waals surface area contributed by atoms with Crippen LogP contribution in [-0.2, 0) is 4.74 Å². The molecule has 0 atom stereocenters. The van der Waals surface area contributed by atoms with E-state index >= 15 is 0 Å². The van der Waals surface area contributed by atoms with Gasteiger partial charge in [0.1, 0.15) is 5.60 Å². The molecule has 1 rings (SSSR count). The number of hydrogen-bond acceptors (Lipinski definition) is 3. The number of aromatic nitrogens is 1.